The van der Waals surface area contributed by atoms with Crippen molar-refractivity contribution in [2.75, 3.05) is 46.4 Å². The Labute approximate surface area is 253 Å². The lowest BCUT2D eigenvalue weighted by Crippen LogP contribution is -2.39. The van der Waals surface area contributed by atoms with Gasteiger partial charge in [-0.1, -0.05) is 6.07 Å². The molecule has 2 bridgehead atoms. The van der Waals surface area contributed by atoms with Crippen molar-refractivity contribution in [2.24, 2.45) is 5.92 Å². The SMILES string of the molecule is COc1ccc2cc1OCCN(C(=O)c1sc(C)nc1C)CCCNC(=O)[C@H]1CN(C(=O)c3ccc4cc[nH]c4n3)C[C@H]21. The molecule has 0 radical (unpaired) electrons. The van der Waals surface area contributed by atoms with E-state index in [0.717, 1.165) is 16.0 Å². The standard InChI is InChI=1S/C31H34N6O5S/c1-18-27(43-19(2)34-18)31(40)36-12-4-10-33-29(38)23-17-37(30(39)24-7-5-20-9-11-32-28(20)35-24)16-22(23)21-6-8-25(41-3)26(15-21)42-14-13-36/h5-9,11,15,22-23H,4,10,12-14,16-17H2,1-3H3,(H,32,35)(H,33,38)/t22-,23+/m1/s1. The summed E-state index contributed by atoms with van der Waals surface area (Å²) in [6.45, 7) is 5.83. The van der Waals surface area contributed by atoms with Crippen LogP contribution in [0, 0.1) is 19.8 Å². The molecule has 224 valence electrons. The van der Waals surface area contributed by atoms with Crippen LogP contribution in [0.25, 0.3) is 11.0 Å². The molecule has 11 nitrogen and oxygen atoms in total. The molecule has 3 amide bonds. The Balaban J connectivity index is 1.26. The molecule has 1 fully saturated rings. The average molecular weight is 603 g/mol. The molecule has 2 atom stereocenters. The summed E-state index contributed by atoms with van der Waals surface area (Å²) in [4.78, 5) is 56.7. The van der Waals surface area contributed by atoms with Gasteiger partial charge in [0.15, 0.2) is 11.5 Å². The van der Waals surface area contributed by atoms with Gasteiger partial charge in [-0.15, -0.1) is 11.3 Å². The number of fused-ring (bicyclic) bond motifs is 5. The molecule has 0 spiro atoms. The van der Waals surface area contributed by atoms with E-state index in [2.05, 4.69) is 20.3 Å². The number of ether oxygens (including phenoxy) is 2. The number of pyridine rings is 1. The second kappa shape index (κ2) is 12.0. The zero-order valence-corrected chi connectivity index (χ0v) is 25.2. The number of likely N-dealkylation sites (tertiary alicyclic amines) is 1. The van der Waals surface area contributed by atoms with Crippen molar-refractivity contribution < 1.29 is 23.9 Å². The van der Waals surface area contributed by atoms with E-state index in [9.17, 15) is 14.4 Å². The molecular formula is C31H34N6O5S. The van der Waals surface area contributed by atoms with Crippen LogP contribution in [0.15, 0.2) is 42.6 Å². The summed E-state index contributed by atoms with van der Waals surface area (Å²) in [5.74, 6) is -0.0809. The van der Waals surface area contributed by atoms with Crippen molar-refractivity contribution in [1.29, 1.82) is 0 Å². The number of methoxy groups -OCH3 is 1. The molecule has 43 heavy (non-hydrogen) atoms. The van der Waals surface area contributed by atoms with Gasteiger partial charge < -0.3 is 29.6 Å². The third kappa shape index (κ3) is 5.79. The Bertz CT molecular complexity index is 1680. The Hall–Kier alpha value is -4.45. The lowest BCUT2D eigenvalue weighted by Gasteiger charge is -2.25. The molecule has 5 heterocycles. The van der Waals surface area contributed by atoms with Gasteiger partial charge in [0.05, 0.1) is 30.3 Å². The maximum Gasteiger partial charge on any atom is 0.272 e. The van der Waals surface area contributed by atoms with Crippen LogP contribution < -0.4 is 14.8 Å². The maximum atomic E-state index is 13.6. The Morgan fingerprint density at radius 2 is 1.86 bits per heavy atom. The molecule has 0 unspecified atom stereocenters. The topological polar surface area (TPSA) is 130 Å². The summed E-state index contributed by atoms with van der Waals surface area (Å²) >= 11 is 1.38. The first-order valence-electron chi connectivity index (χ1n) is 14.4. The number of aromatic nitrogens is 3. The maximum absolute atomic E-state index is 13.6. The number of nitrogens with one attached hydrogen (secondary N) is 2. The average Bonchev–Trinajstić information content (AvgIpc) is 3.74. The number of carbonyl (C=O) groups is 3. The minimum atomic E-state index is -0.470. The molecular weight excluding hydrogens is 568 g/mol. The van der Waals surface area contributed by atoms with Gasteiger partial charge in [0.25, 0.3) is 11.8 Å². The predicted octanol–water partition coefficient (Wildman–Crippen LogP) is 3.54. The first-order chi connectivity index (χ1) is 20.8. The zero-order chi connectivity index (χ0) is 30.1. The van der Waals surface area contributed by atoms with Crippen LogP contribution in [0.4, 0.5) is 0 Å². The minimum absolute atomic E-state index is 0.0954. The third-order valence-corrected chi connectivity index (χ3v) is 9.16. The fourth-order valence-electron chi connectivity index (χ4n) is 5.89. The molecule has 3 aromatic heterocycles. The highest BCUT2D eigenvalue weighted by molar-refractivity contribution is 7.13. The van der Waals surface area contributed by atoms with E-state index >= 15 is 0 Å². The molecule has 2 aliphatic heterocycles. The lowest BCUT2D eigenvalue weighted by atomic mass is 9.88. The Morgan fingerprint density at radius 3 is 2.65 bits per heavy atom. The minimum Gasteiger partial charge on any atom is -0.493 e. The van der Waals surface area contributed by atoms with Gasteiger partial charge in [-0.3, -0.25) is 14.4 Å². The molecule has 1 aromatic carbocycles. The van der Waals surface area contributed by atoms with Crippen molar-refractivity contribution in [3.8, 4) is 11.5 Å². The third-order valence-electron chi connectivity index (χ3n) is 8.10. The van der Waals surface area contributed by atoms with Gasteiger partial charge in [-0.25, -0.2) is 9.97 Å². The number of carbonyl (C=O) groups excluding carboxylic acids is 3. The van der Waals surface area contributed by atoms with Crippen molar-refractivity contribution in [3.05, 3.63) is 69.4 Å². The van der Waals surface area contributed by atoms with Gasteiger partial charge >= 0.3 is 0 Å². The van der Waals surface area contributed by atoms with E-state index in [1.807, 2.05) is 44.2 Å². The second-order valence-corrected chi connectivity index (χ2v) is 12.1. The molecule has 4 aromatic rings. The number of aryl methyl sites for hydroxylation is 2. The number of aromatic amines is 1. The van der Waals surface area contributed by atoms with Gasteiger partial charge in [0.2, 0.25) is 5.91 Å². The van der Waals surface area contributed by atoms with Crippen molar-refractivity contribution in [3.63, 3.8) is 0 Å². The van der Waals surface area contributed by atoms with Gasteiger partial charge in [-0.05, 0) is 56.2 Å². The second-order valence-electron chi connectivity index (χ2n) is 10.9. The van der Waals surface area contributed by atoms with Crippen molar-refractivity contribution >= 4 is 40.1 Å². The van der Waals surface area contributed by atoms with E-state index in [0.29, 0.717) is 66.0 Å². The van der Waals surface area contributed by atoms with Crippen LogP contribution in [0.1, 0.15) is 48.8 Å². The number of benzene rings is 1. The molecule has 2 N–H and O–H groups in total. The van der Waals surface area contributed by atoms with Crippen molar-refractivity contribution in [2.45, 2.75) is 26.2 Å². The number of H-pyrrole nitrogens is 1. The van der Waals surface area contributed by atoms with E-state index in [4.69, 9.17) is 9.47 Å². The molecule has 2 aliphatic rings. The van der Waals surface area contributed by atoms with Crippen LogP contribution in [-0.2, 0) is 4.79 Å². The highest BCUT2D eigenvalue weighted by Crippen LogP contribution is 2.38. The highest BCUT2D eigenvalue weighted by Gasteiger charge is 2.41. The predicted molar refractivity (Wildman–Crippen MR) is 162 cm³/mol. The lowest BCUT2D eigenvalue weighted by molar-refractivity contribution is -0.124. The summed E-state index contributed by atoms with van der Waals surface area (Å²) in [6.07, 6.45) is 2.36. The van der Waals surface area contributed by atoms with Crippen LogP contribution in [0.2, 0.25) is 0 Å². The number of nitrogens with zero attached hydrogens (tertiary/aromatic N) is 4. The Kier molecular flexibility index (Phi) is 8.02. The number of amides is 3. The number of hydrogen-bond donors (Lipinski definition) is 2. The van der Waals surface area contributed by atoms with Crippen LogP contribution >= 0.6 is 11.3 Å². The van der Waals surface area contributed by atoms with Crippen LogP contribution in [-0.4, -0.2) is 88.9 Å². The summed E-state index contributed by atoms with van der Waals surface area (Å²) in [7, 11) is 1.57. The quantitative estimate of drug-likeness (QED) is 0.367. The molecule has 6 rings (SSSR count). The number of thiazole rings is 1. The monoisotopic (exact) mass is 602 g/mol. The molecule has 0 saturated carbocycles. The zero-order valence-electron chi connectivity index (χ0n) is 24.4. The fraction of sp³-hybridized carbons (Fsp3) is 0.387. The highest BCUT2D eigenvalue weighted by atomic mass is 32.1. The summed E-state index contributed by atoms with van der Waals surface area (Å²) in [5.41, 5.74) is 2.56. The fourth-order valence-corrected chi connectivity index (χ4v) is 6.78. The van der Waals surface area contributed by atoms with E-state index < -0.39 is 5.92 Å². The largest absolute Gasteiger partial charge is 0.493 e. The molecule has 12 heteroatoms. The summed E-state index contributed by atoms with van der Waals surface area (Å²) < 4.78 is 11.8. The normalized spacial score (nSPS) is 19.4. The van der Waals surface area contributed by atoms with Gasteiger partial charge in [0, 0.05) is 43.7 Å². The van der Waals surface area contributed by atoms with E-state index in [-0.39, 0.29) is 36.8 Å². The van der Waals surface area contributed by atoms with Gasteiger partial charge in [0.1, 0.15) is 22.8 Å². The first kappa shape index (κ1) is 28.7. The number of rotatable bonds is 3. The van der Waals surface area contributed by atoms with E-state index in [1.165, 1.54) is 11.3 Å². The van der Waals surface area contributed by atoms with Gasteiger partial charge in [-0.2, -0.15) is 0 Å². The van der Waals surface area contributed by atoms with Crippen molar-refractivity contribution in [1.82, 2.24) is 30.1 Å². The first-order valence-corrected chi connectivity index (χ1v) is 15.2. The molecule has 1 saturated heterocycles. The molecule has 0 aliphatic carbocycles. The Morgan fingerprint density at radius 1 is 1.02 bits per heavy atom. The number of hydrogen-bond acceptors (Lipinski definition) is 8. The summed E-state index contributed by atoms with van der Waals surface area (Å²) in [5, 5.41) is 4.84. The van der Waals surface area contributed by atoms with E-state index in [1.54, 1.807) is 29.2 Å². The van der Waals surface area contributed by atoms with Crippen LogP contribution in [0.5, 0.6) is 11.5 Å². The van der Waals surface area contributed by atoms with Crippen LogP contribution in [0.3, 0.4) is 0 Å². The smallest absolute Gasteiger partial charge is 0.272 e. The summed E-state index contributed by atoms with van der Waals surface area (Å²) in [6, 6.07) is 11.1.